The first kappa shape index (κ1) is 19.8. The van der Waals surface area contributed by atoms with E-state index in [1.165, 1.54) is 31.7 Å². The highest BCUT2D eigenvalue weighted by Gasteiger charge is 2.35. The highest BCUT2D eigenvalue weighted by molar-refractivity contribution is 9.10. The van der Waals surface area contributed by atoms with Crippen LogP contribution in [-0.2, 0) is 10.9 Å². The zero-order chi connectivity index (χ0) is 18.6. The van der Waals surface area contributed by atoms with Crippen molar-refractivity contribution in [3.05, 3.63) is 22.2 Å². The third-order valence-corrected chi connectivity index (χ3v) is 5.95. The van der Waals surface area contributed by atoms with Gasteiger partial charge in [-0.1, -0.05) is 25.7 Å². The Labute approximate surface area is 161 Å². The van der Waals surface area contributed by atoms with Crippen LogP contribution in [0.4, 0.5) is 24.5 Å². The smallest absolute Gasteiger partial charge is 0.384 e. The van der Waals surface area contributed by atoms with Gasteiger partial charge >= 0.3 is 6.18 Å². The normalized spacial score (nSPS) is 19.2. The van der Waals surface area contributed by atoms with Crippen LogP contribution >= 0.6 is 15.9 Å². The van der Waals surface area contributed by atoms with Gasteiger partial charge in [0, 0.05) is 29.8 Å². The average Bonchev–Trinajstić information content (AvgIpc) is 3.12. The minimum Gasteiger partial charge on any atom is -0.384 e. The molecule has 1 aromatic rings. The van der Waals surface area contributed by atoms with Crippen molar-refractivity contribution in [3.63, 3.8) is 0 Å². The van der Waals surface area contributed by atoms with Gasteiger partial charge in [0.25, 0.3) is 0 Å². The van der Waals surface area contributed by atoms with Crippen LogP contribution in [0.25, 0.3) is 0 Å². The largest absolute Gasteiger partial charge is 0.418 e. The highest BCUT2D eigenvalue weighted by atomic mass is 79.9. The quantitative estimate of drug-likeness (QED) is 0.582. The molecule has 0 spiro atoms. The summed E-state index contributed by atoms with van der Waals surface area (Å²) in [5.41, 5.74) is 0.138. The molecule has 0 bridgehead atoms. The summed E-state index contributed by atoms with van der Waals surface area (Å²) in [5, 5.41) is 3.03. The first-order valence-electron chi connectivity index (χ1n) is 9.42. The van der Waals surface area contributed by atoms with Gasteiger partial charge in [0.05, 0.1) is 24.5 Å². The van der Waals surface area contributed by atoms with Gasteiger partial charge in [0.1, 0.15) is 0 Å². The van der Waals surface area contributed by atoms with E-state index in [-0.39, 0.29) is 5.69 Å². The lowest BCUT2D eigenvalue weighted by atomic mass is 10.0. The Balaban J connectivity index is 1.70. The molecule has 2 aliphatic rings. The maximum atomic E-state index is 13.6. The number of rotatable bonds is 6. The second-order valence-corrected chi connectivity index (χ2v) is 8.02. The van der Waals surface area contributed by atoms with Gasteiger partial charge in [-0.2, -0.15) is 13.2 Å². The maximum Gasteiger partial charge on any atom is 0.418 e. The topological polar surface area (TPSA) is 24.5 Å². The lowest BCUT2D eigenvalue weighted by Crippen LogP contribution is -2.36. The first-order chi connectivity index (χ1) is 12.4. The SMILES string of the molecule is FC(F)(F)c1cc(N2CCOCC2)cc(Br)c1NCCCC1CCCC1. The number of hydrogen-bond acceptors (Lipinski definition) is 3. The van der Waals surface area contributed by atoms with Crippen LogP contribution in [0.5, 0.6) is 0 Å². The molecule has 1 N–H and O–H groups in total. The summed E-state index contributed by atoms with van der Waals surface area (Å²) in [5.74, 6) is 0.756. The number of nitrogens with zero attached hydrogens (tertiary/aromatic N) is 1. The number of morpholine rings is 1. The van der Waals surface area contributed by atoms with Crippen molar-refractivity contribution in [2.75, 3.05) is 43.1 Å². The molecular formula is C19H26BrF3N2O. The van der Waals surface area contributed by atoms with Gasteiger partial charge in [0.15, 0.2) is 0 Å². The van der Waals surface area contributed by atoms with Crippen molar-refractivity contribution >= 4 is 27.3 Å². The standard InChI is InChI=1S/C19H26BrF3N2O/c20-17-13-15(25-8-10-26-11-9-25)12-16(19(21,22)23)18(17)24-7-3-6-14-4-1-2-5-14/h12-14,24H,1-11H2. The second-order valence-electron chi connectivity index (χ2n) is 7.17. The van der Waals surface area contributed by atoms with E-state index in [0.717, 1.165) is 18.8 Å². The van der Waals surface area contributed by atoms with E-state index >= 15 is 0 Å². The van der Waals surface area contributed by atoms with E-state index < -0.39 is 11.7 Å². The van der Waals surface area contributed by atoms with Crippen LogP contribution in [0.3, 0.4) is 0 Å². The predicted molar refractivity (Wildman–Crippen MR) is 102 cm³/mol. The number of benzene rings is 1. The molecule has 7 heteroatoms. The van der Waals surface area contributed by atoms with E-state index in [2.05, 4.69) is 21.2 Å². The minimum atomic E-state index is -4.39. The summed E-state index contributed by atoms with van der Waals surface area (Å²) in [7, 11) is 0. The molecule has 0 atom stereocenters. The van der Waals surface area contributed by atoms with Crippen molar-refractivity contribution in [3.8, 4) is 0 Å². The van der Waals surface area contributed by atoms with Gasteiger partial charge in [-0.25, -0.2) is 0 Å². The number of halogens is 4. The summed E-state index contributed by atoms with van der Waals surface area (Å²) in [6, 6.07) is 3.04. The summed E-state index contributed by atoms with van der Waals surface area (Å²) in [6.45, 7) is 2.87. The average molecular weight is 435 g/mol. The predicted octanol–water partition coefficient (Wildman–Crippen LogP) is 5.69. The molecule has 0 unspecified atom stereocenters. The molecule has 0 radical (unpaired) electrons. The summed E-state index contributed by atoms with van der Waals surface area (Å²) in [6.07, 6.45) is 2.74. The van der Waals surface area contributed by atoms with Crippen LogP contribution in [0, 0.1) is 5.92 Å². The number of nitrogens with one attached hydrogen (secondary N) is 1. The molecule has 1 saturated heterocycles. The van der Waals surface area contributed by atoms with Gasteiger partial charge in [-0.15, -0.1) is 0 Å². The summed E-state index contributed by atoms with van der Waals surface area (Å²) < 4.78 is 46.6. The number of alkyl halides is 3. The minimum absolute atomic E-state index is 0.154. The van der Waals surface area contributed by atoms with E-state index in [0.29, 0.717) is 43.0 Å². The van der Waals surface area contributed by atoms with Crippen LogP contribution in [0.1, 0.15) is 44.1 Å². The molecule has 1 heterocycles. The molecule has 0 amide bonds. The van der Waals surface area contributed by atoms with Crippen molar-refractivity contribution in [2.45, 2.75) is 44.7 Å². The number of ether oxygens (including phenoxy) is 1. The molecular weight excluding hydrogens is 409 g/mol. The lowest BCUT2D eigenvalue weighted by Gasteiger charge is -2.30. The first-order valence-corrected chi connectivity index (χ1v) is 10.2. The van der Waals surface area contributed by atoms with E-state index in [9.17, 15) is 13.2 Å². The van der Waals surface area contributed by atoms with E-state index in [1.54, 1.807) is 6.07 Å². The Kier molecular flexibility index (Phi) is 6.72. The molecule has 1 aliphatic carbocycles. The molecule has 1 aliphatic heterocycles. The monoisotopic (exact) mass is 434 g/mol. The van der Waals surface area contributed by atoms with Crippen LogP contribution in [-0.4, -0.2) is 32.8 Å². The molecule has 0 aromatic heterocycles. The van der Waals surface area contributed by atoms with Crippen molar-refractivity contribution in [2.24, 2.45) is 5.92 Å². The Hall–Kier alpha value is -0.950. The molecule has 1 aromatic carbocycles. The Morgan fingerprint density at radius 1 is 1.15 bits per heavy atom. The second kappa shape index (κ2) is 8.83. The Morgan fingerprint density at radius 2 is 1.85 bits per heavy atom. The van der Waals surface area contributed by atoms with E-state index in [4.69, 9.17) is 4.74 Å². The molecule has 3 nitrogen and oxygen atoms in total. The van der Waals surface area contributed by atoms with Crippen molar-refractivity contribution in [1.29, 1.82) is 0 Å². The van der Waals surface area contributed by atoms with Gasteiger partial charge in [-0.05, 0) is 46.8 Å². The zero-order valence-corrected chi connectivity index (χ0v) is 16.5. The van der Waals surface area contributed by atoms with Crippen LogP contribution in [0.15, 0.2) is 16.6 Å². The fraction of sp³-hybridized carbons (Fsp3) is 0.684. The van der Waals surface area contributed by atoms with Crippen LogP contribution < -0.4 is 10.2 Å². The molecule has 2 fully saturated rings. The fourth-order valence-electron chi connectivity index (χ4n) is 3.90. The number of anilines is 2. The maximum absolute atomic E-state index is 13.6. The van der Waals surface area contributed by atoms with Gasteiger partial charge < -0.3 is 15.0 Å². The Bertz CT molecular complexity index is 597. The molecule has 146 valence electrons. The molecule has 26 heavy (non-hydrogen) atoms. The molecule has 1 saturated carbocycles. The summed E-state index contributed by atoms with van der Waals surface area (Å²) in [4.78, 5) is 1.94. The number of hydrogen-bond donors (Lipinski definition) is 1. The van der Waals surface area contributed by atoms with Crippen molar-refractivity contribution in [1.82, 2.24) is 0 Å². The third kappa shape index (κ3) is 5.06. The van der Waals surface area contributed by atoms with Gasteiger partial charge in [-0.3, -0.25) is 0 Å². The highest BCUT2D eigenvalue weighted by Crippen LogP contribution is 2.42. The van der Waals surface area contributed by atoms with Crippen LogP contribution in [0.2, 0.25) is 0 Å². The lowest BCUT2D eigenvalue weighted by molar-refractivity contribution is -0.137. The summed E-state index contributed by atoms with van der Waals surface area (Å²) >= 11 is 3.36. The van der Waals surface area contributed by atoms with E-state index in [1.807, 2.05) is 4.90 Å². The Morgan fingerprint density at radius 3 is 2.50 bits per heavy atom. The van der Waals surface area contributed by atoms with Gasteiger partial charge in [0.2, 0.25) is 0 Å². The zero-order valence-electron chi connectivity index (χ0n) is 14.9. The van der Waals surface area contributed by atoms with Crippen molar-refractivity contribution < 1.29 is 17.9 Å². The fourth-order valence-corrected chi connectivity index (χ4v) is 4.49. The third-order valence-electron chi connectivity index (χ3n) is 5.32. The molecule has 3 rings (SSSR count).